The Morgan fingerprint density at radius 2 is 2.16 bits per heavy atom. The van der Waals surface area contributed by atoms with Crippen molar-refractivity contribution in [3.63, 3.8) is 0 Å². The summed E-state index contributed by atoms with van der Waals surface area (Å²) in [6.07, 6.45) is -0.217. The van der Waals surface area contributed by atoms with Crippen LogP contribution in [0.3, 0.4) is 0 Å². The molecule has 5 N–H and O–H groups in total. The fourth-order valence-electron chi connectivity index (χ4n) is 2.13. The summed E-state index contributed by atoms with van der Waals surface area (Å²) in [5, 5.41) is 10.1. The van der Waals surface area contributed by atoms with E-state index in [0.29, 0.717) is 23.3 Å². The number of carbonyl (C=O) groups is 1. The number of ether oxygens (including phenoxy) is 1. The van der Waals surface area contributed by atoms with Gasteiger partial charge in [0, 0.05) is 17.5 Å². The molecule has 0 spiro atoms. The normalized spacial score (nSPS) is 20.1. The lowest BCUT2D eigenvalue weighted by atomic mass is 9.91. The van der Waals surface area contributed by atoms with Crippen molar-refractivity contribution >= 4 is 11.9 Å². The second kappa shape index (κ2) is 4.55. The highest BCUT2D eigenvalue weighted by atomic mass is 16.5. The van der Waals surface area contributed by atoms with Crippen molar-refractivity contribution in [2.45, 2.75) is 32.0 Å². The maximum absolute atomic E-state index is 11.7. The number of hydrogen-bond acceptors (Lipinski definition) is 3. The van der Waals surface area contributed by atoms with Crippen molar-refractivity contribution < 1.29 is 14.6 Å². The van der Waals surface area contributed by atoms with Gasteiger partial charge in [-0.1, -0.05) is 0 Å². The predicted octanol–water partition coefficient (Wildman–Crippen LogP) is 0.695. The summed E-state index contributed by atoms with van der Waals surface area (Å²) in [4.78, 5) is 15.2. The first-order chi connectivity index (χ1) is 8.78. The molecule has 1 amide bonds. The number of nitrogens with zero attached hydrogens (tertiary/aromatic N) is 1. The summed E-state index contributed by atoms with van der Waals surface area (Å²) in [5.41, 5.74) is 10.8. The van der Waals surface area contributed by atoms with Crippen molar-refractivity contribution in [1.82, 2.24) is 0 Å². The summed E-state index contributed by atoms with van der Waals surface area (Å²) in [6, 6.07) is 4.78. The zero-order valence-electron chi connectivity index (χ0n) is 10.9. The third-order valence-electron chi connectivity index (χ3n) is 2.92. The highest BCUT2D eigenvalue weighted by molar-refractivity contribution is 6.02. The van der Waals surface area contributed by atoms with E-state index in [4.69, 9.17) is 16.2 Å². The van der Waals surface area contributed by atoms with Crippen LogP contribution in [0.25, 0.3) is 0 Å². The van der Waals surface area contributed by atoms with Crippen molar-refractivity contribution in [1.29, 1.82) is 0 Å². The smallest absolute Gasteiger partial charge is 0.280 e. The van der Waals surface area contributed by atoms with Crippen LogP contribution in [0, 0.1) is 0 Å². The average molecular weight is 263 g/mol. The summed E-state index contributed by atoms with van der Waals surface area (Å²) in [6.45, 7) is 3.80. The zero-order chi connectivity index (χ0) is 14.2. The van der Waals surface area contributed by atoms with Gasteiger partial charge in [0.1, 0.15) is 11.4 Å². The maximum atomic E-state index is 11.7. The number of benzene rings is 1. The van der Waals surface area contributed by atoms with Gasteiger partial charge >= 0.3 is 0 Å². The second-order valence-electron chi connectivity index (χ2n) is 5.18. The molecule has 1 aromatic carbocycles. The van der Waals surface area contributed by atoms with E-state index in [-0.39, 0.29) is 5.96 Å². The SMILES string of the molecule is CC1(C)CC(O)c2cc(C(=O)N=C(N)N)ccc2O1. The fourth-order valence-corrected chi connectivity index (χ4v) is 2.13. The van der Waals surface area contributed by atoms with Crippen LogP contribution in [0.1, 0.15) is 42.3 Å². The number of amides is 1. The monoisotopic (exact) mass is 263 g/mol. The Morgan fingerprint density at radius 3 is 2.79 bits per heavy atom. The molecule has 1 atom stereocenters. The van der Waals surface area contributed by atoms with Crippen molar-refractivity contribution in [2.75, 3.05) is 0 Å². The van der Waals surface area contributed by atoms with E-state index in [1.165, 1.54) is 0 Å². The van der Waals surface area contributed by atoms with E-state index in [1.807, 2.05) is 13.8 Å². The van der Waals surface area contributed by atoms with Gasteiger partial charge in [-0.15, -0.1) is 0 Å². The van der Waals surface area contributed by atoms with Gasteiger partial charge in [0.15, 0.2) is 5.96 Å². The van der Waals surface area contributed by atoms with Crippen LogP contribution in [0.2, 0.25) is 0 Å². The minimum Gasteiger partial charge on any atom is -0.487 e. The summed E-state index contributed by atoms with van der Waals surface area (Å²) in [7, 11) is 0. The van der Waals surface area contributed by atoms with E-state index in [0.717, 1.165) is 0 Å². The Labute approximate surface area is 111 Å². The molecule has 1 aromatic rings. The summed E-state index contributed by atoms with van der Waals surface area (Å²) >= 11 is 0. The van der Waals surface area contributed by atoms with E-state index in [9.17, 15) is 9.90 Å². The first kappa shape index (κ1) is 13.4. The third kappa shape index (κ3) is 2.85. The first-order valence-electron chi connectivity index (χ1n) is 5.93. The number of carbonyl (C=O) groups excluding carboxylic acids is 1. The van der Waals surface area contributed by atoms with Crippen LogP contribution in [-0.2, 0) is 0 Å². The molecule has 0 aromatic heterocycles. The molecule has 2 rings (SSSR count). The number of aliphatic imine (C=N–C) groups is 1. The van der Waals surface area contributed by atoms with Crippen LogP contribution < -0.4 is 16.2 Å². The Morgan fingerprint density at radius 1 is 1.47 bits per heavy atom. The van der Waals surface area contributed by atoms with Gasteiger partial charge < -0.3 is 21.3 Å². The van der Waals surface area contributed by atoms with Crippen LogP contribution in [-0.4, -0.2) is 22.6 Å². The second-order valence-corrected chi connectivity index (χ2v) is 5.18. The van der Waals surface area contributed by atoms with Crippen molar-refractivity contribution in [3.05, 3.63) is 29.3 Å². The van der Waals surface area contributed by atoms with Crippen LogP contribution in [0.15, 0.2) is 23.2 Å². The molecule has 0 bridgehead atoms. The molecule has 0 fully saturated rings. The molecule has 102 valence electrons. The molecule has 1 heterocycles. The maximum Gasteiger partial charge on any atom is 0.280 e. The van der Waals surface area contributed by atoms with E-state index in [1.54, 1.807) is 18.2 Å². The number of nitrogens with two attached hydrogens (primary N) is 2. The zero-order valence-corrected chi connectivity index (χ0v) is 10.9. The highest BCUT2D eigenvalue weighted by Crippen LogP contribution is 2.39. The quantitative estimate of drug-likeness (QED) is 0.510. The lowest BCUT2D eigenvalue weighted by molar-refractivity contribution is 0.0115. The number of rotatable bonds is 1. The van der Waals surface area contributed by atoms with E-state index in [2.05, 4.69) is 4.99 Å². The van der Waals surface area contributed by atoms with Gasteiger partial charge in [-0.05, 0) is 32.0 Å². The van der Waals surface area contributed by atoms with Gasteiger partial charge in [-0.3, -0.25) is 4.79 Å². The minimum absolute atomic E-state index is 0.291. The number of guanidine groups is 1. The summed E-state index contributed by atoms with van der Waals surface area (Å²) < 4.78 is 5.75. The van der Waals surface area contributed by atoms with Crippen molar-refractivity contribution in [3.8, 4) is 5.75 Å². The van der Waals surface area contributed by atoms with Crippen LogP contribution in [0.5, 0.6) is 5.75 Å². The summed E-state index contributed by atoms with van der Waals surface area (Å²) in [5.74, 6) is -0.259. The first-order valence-corrected chi connectivity index (χ1v) is 5.93. The molecule has 1 aliphatic heterocycles. The molecule has 6 heteroatoms. The van der Waals surface area contributed by atoms with Gasteiger partial charge in [0.2, 0.25) is 0 Å². The molecule has 6 nitrogen and oxygen atoms in total. The molecule has 0 saturated carbocycles. The third-order valence-corrected chi connectivity index (χ3v) is 2.92. The molecule has 1 unspecified atom stereocenters. The Bertz CT molecular complexity index is 548. The minimum atomic E-state index is -0.675. The molecular weight excluding hydrogens is 246 g/mol. The average Bonchev–Trinajstić information content (AvgIpc) is 2.26. The largest absolute Gasteiger partial charge is 0.487 e. The van der Waals surface area contributed by atoms with E-state index >= 15 is 0 Å². The molecule has 0 saturated heterocycles. The van der Waals surface area contributed by atoms with E-state index < -0.39 is 17.6 Å². The molecule has 19 heavy (non-hydrogen) atoms. The number of fused-ring (bicyclic) bond motifs is 1. The topological polar surface area (TPSA) is 111 Å². The fraction of sp³-hybridized carbons (Fsp3) is 0.385. The Kier molecular flexibility index (Phi) is 3.20. The molecule has 1 aliphatic rings. The lowest BCUT2D eigenvalue weighted by Gasteiger charge is -2.35. The van der Waals surface area contributed by atoms with Gasteiger partial charge in [0.25, 0.3) is 5.91 Å². The molecule has 0 aliphatic carbocycles. The molecule has 0 radical (unpaired) electrons. The Balaban J connectivity index is 2.38. The van der Waals surface area contributed by atoms with Crippen LogP contribution >= 0.6 is 0 Å². The lowest BCUT2D eigenvalue weighted by Crippen LogP contribution is -2.34. The standard InChI is InChI=1S/C13H17N3O3/c1-13(2)6-9(17)8-5-7(3-4-10(8)19-13)11(18)16-12(14)15/h3-5,9,17H,6H2,1-2H3,(H4,14,15,16,18). The number of aliphatic hydroxyl groups excluding tert-OH is 1. The van der Waals surface area contributed by atoms with Gasteiger partial charge in [-0.2, -0.15) is 4.99 Å². The number of hydrogen-bond donors (Lipinski definition) is 3. The van der Waals surface area contributed by atoms with Crippen LogP contribution in [0.4, 0.5) is 0 Å². The predicted molar refractivity (Wildman–Crippen MR) is 70.9 cm³/mol. The Hall–Kier alpha value is -2.08. The number of aliphatic hydroxyl groups is 1. The van der Waals surface area contributed by atoms with Crippen molar-refractivity contribution in [2.24, 2.45) is 16.5 Å². The van der Waals surface area contributed by atoms with Gasteiger partial charge in [-0.25, -0.2) is 0 Å². The highest BCUT2D eigenvalue weighted by Gasteiger charge is 2.33. The molecular formula is C13H17N3O3. The van der Waals surface area contributed by atoms with Gasteiger partial charge in [0.05, 0.1) is 6.10 Å².